The van der Waals surface area contributed by atoms with Crippen molar-refractivity contribution in [2.24, 2.45) is 0 Å². The van der Waals surface area contributed by atoms with Crippen molar-refractivity contribution in [1.82, 2.24) is 24.6 Å². The van der Waals surface area contributed by atoms with Crippen molar-refractivity contribution in [3.8, 4) is 17.1 Å². The highest BCUT2D eigenvalue weighted by Gasteiger charge is 2.18. The number of aryl methyl sites for hydroxylation is 1. The van der Waals surface area contributed by atoms with Crippen LogP contribution in [0, 0.1) is 6.92 Å². The summed E-state index contributed by atoms with van der Waals surface area (Å²) in [6.07, 6.45) is 1.67. The monoisotopic (exact) mass is 325 g/mol. The van der Waals surface area contributed by atoms with Crippen LogP contribution in [0.25, 0.3) is 28.2 Å². The molecule has 0 N–H and O–H groups in total. The fraction of sp³-hybridized carbons (Fsp3) is 0.125. The Bertz CT molecular complexity index is 1040. The summed E-state index contributed by atoms with van der Waals surface area (Å²) in [5.74, 6) is 1.28. The van der Waals surface area contributed by atoms with E-state index in [1.807, 2.05) is 35.6 Å². The molecule has 4 rings (SSSR count). The van der Waals surface area contributed by atoms with E-state index in [1.54, 1.807) is 19.4 Å². The van der Waals surface area contributed by atoms with E-state index in [0.29, 0.717) is 33.4 Å². The van der Waals surface area contributed by atoms with Gasteiger partial charge in [-0.2, -0.15) is 0 Å². The summed E-state index contributed by atoms with van der Waals surface area (Å²) in [6.45, 7) is 1.88. The maximum absolute atomic E-state index is 6.32. The molecule has 0 bridgehead atoms. The average Bonchev–Trinajstić information content (AvgIpc) is 3.01. The number of halogens is 1. The summed E-state index contributed by atoms with van der Waals surface area (Å²) in [6, 6.07) is 9.29. The SMILES string of the molecule is COc1ccnc2c1nc(C)c1nnc(-c3ccccc3Cl)n12. The van der Waals surface area contributed by atoms with E-state index in [2.05, 4.69) is 20.2 Å². The van der Waals surface area contributed by atoms with Crippen LogP contribution in [0.4, 0.5) is 0 Å². The van der Waals surface area contributed by atoms with Gasteiger partial charge in [-0.3, -0.25) is 4.40 Å². The lowest BCUT2D eigenvalue weighted by Gasteiger charge is -2.09. The van der Waals surface area contributed by atoms with E-state index in [0.717, 1.165) is 11.3 Å². The first kappa shape index (κ1) is 13.9. The second kappa shape index (κ2) is 5.17. The zero-order valence-corrected chi connectivity index (χ0v) is 13.2. The Hall–Kier alpha value is -2.73. The van der Waals surface area contributed by atoms with Crippen molar-refractivity contribution in [3.63, 3.8) is 0 Å². The number of benzene rings is 1. The lowest BCUT2D eigenvalue weighted by molar-refractivity contribution is 0.418. The van der Waals surface area contributed by atoms with Gasteiger partial charge in [-0.25, -0.2) is 9.97 Å². The Morgan fingerprint density at radius 1 is 1.09 bits per heavy atom. The second-order valence-electron chi connectivity index (χ2n) is 5.05. The van der Waals surface area contributed by atoms with Gasteiger partial charge in [-0.05, 0) is 19.1 Å². The second-order valence-corrected chi connectivity index (χ2v) is 5.45. The quantitative estimate of drug-likeness (QED) is 0.565. The third kappa shape index (κ3) is 2.03. The van der Waals surface area contributed by atoms with Gasteiger partial charge in [0.15, 0.2) is 17.1 Å². The molecule has 1 aromatic carbocycles. The minimum atomic E-state index is 0.604. The van der Waals surface area contributed by atoms with Crippen molar-refractivity contribution in [2.45, 2.75) is 6.92 Å². The van der Waals surface area contributed by atoms with Gasteiger partial charge in [0.25, 0.3) is 0 Å². The number of fused-ring (bicyclic) bond motifs is 3. The zero-order valence-electron chi connectivity index (χ0n) is 12.5. The Balaban J connectivity index is 2.18. The Morgan fingerprint density at radius 2 is 1.91 bits per heavy atom. The van der Waals surface area contributed by atoms with Crippen LogP contribution in [0.15, 0.2) is 36.5 Å². The van der Waals surface area contributed by atoms with E-state index >= 15 is 0 Å². The van der Waals surface area contributed by atoms with Gasteiger partial charge in [-0.15, -0.1) is 10.2 Å². The van der Waals surface area contributed by atoms with E-state index in [-0.39, 0.29) is 0 Å². The topological polar surface area (TPSA) is 65.2 Å². The van der Waals surface area contributed by atoms with Gasteiger partial charge in [0.05, 0.1) is 17.8 Å². The molecular formula is C16H12ClN5O. The molecule has 114 valence electrons. The molecule has 6 nitrogen and oxygen atoms in total. The molecule has 3 heterocycles. The van der Waals surface area contributed by atoms with Gasteiger partial charge in [0.2, 0.25) is 0 Å². The number of pyridine rings is 1. The summed E-state index contributed by atoms with van der Waals surface area (Å²) in [5.41, 5.74) is 3.47. The Kier molecular flexibility index (Phi) is 3.12. The first-order valence-electron chi connectivity index (χ1n) is 7.00. The predicted octanol–water partition coefficient (Wildman–Crippen LogP) is 3.31. The van der Waals surface area contributed by atoms with Crippen LogP contribution in [0.3, 0.4) is 0 Å². The molecule has 0 saturated heterocycles. The lowest BCUT2D eigenvalue weighted by Crippen LogP contribution is -2.01. The normalized spacial score (nSPS) is 11.3. The van der Waals surface area contributed by atoms with Gasteiger partial charge in [0.1, 0.15) is 11.3 Å². The number of ether oxygens (including phenoxy) is 1. The summed E-state index contributed by atoms with van der Waals surface area (Å²) >= 11 is 6.32. The van der Waals surface area contributed by atoms with Crippen LogP contribution in [-0.4, -0.2) is 31.7 Å². The van der Waals surface area contributed by atoms with Gasteiger partial charge in [0, 0.05) is 17.8 Å². The van der Waals surface area contributed by atoms with E-state index in [9.17, 15) is 0 Å². The molecule has 0 fully saturated rings. The fourth-order valence-corrected chi connectivity index (χ4v) is 2.83. The number of rotatable bonds is 2. The van der Waals surface area contributed by atoms with Crippen LogP contribution in [0.1, 0.15) is 5.69 Å². The molecule has 0 unspecified atom stereocenters. The average molecular weight is 326 g/mol. The fourth-order valence-electron chi connectivity index (χ4n) is 2.61. The van der Waals surface area contributed by atoms with Crippen molar-refractivity contribution >= 4 is 28.4 Å². The summed E-state index contributed by atoms with van der Waals surface area (Å²) in [5, 5.41) is 9.16. The molecule has 0 atom stereocenters. The van der Waals surface area contributed by atoms with Gasteiger partial charge >= 0.3 is 0 Å². The first-order chi connectivity index (χ1) is 11.2. The smallest absolute Gasteiger partial charge is 0.184 e. The zero-order chi connectivity index (χ0) is 16.0. The van der Waals surface area contributed by atoms with Crippen LogP contribution in [0.2, 0.25) is 5.02 Å². The van der Waals surface area contributed by atoms with Crippen molar-refractivity contribution in [3.05, 3.63) is 47.2 Å². The highest BCUT2D eigenvalue weighted by atomic mass is 35.5. The molecule has 0 aliphatic carbocycles. The standard InChI is InChI=1S/C16H12ClN5O/c1-9-14-20-21-15(10-5-3-4-6-11(10)17)22(14)16-13(19-9)12(23-2)7-8-18-16/h3-8H,1-2H3. The number of hydrogen-bond acceptors (Lipinski definition) is 5. The molecule has 0 aliphatic rings. The van der Waals surface area contributed by atoms with Crippen molar-refractivity contribution < 1.29 is 4.74 Å². The number of hydrogen-bond donors (Lipinski definition) is 0. The number of nitrogens with zero attached hydrogens (tertiary/aromatic N) is 5. The first-order valence-corrected chi connectivity index (χ1v) is 7.38. The van der Waals surface area contributed by atoms with E-state index < -0.39 is 0 Å². The third-order valence-corrected chi connectivity index (χ3v) is 4.01. The van der Waals surface area contributed by atoms with Crippen LogP contribution < -0.4 is 4.74 Å². The van der Waals surface area contributed by atoms with Crippen LogP contribution in [-0.2, 0) is 0 Å². The third-order valence-electron chi connectivity index (χ3n) is 3.68. The molecule has 0 saturated carbocycles. The summed E-state index contributed by atoms with van der Waals surface area (Å²) < 4.78 is 7.26. The highest BCUT2D eigenvalue weighted by molar-refractivity contribution is 6.33. The van der Waals surface area contributed by atoms with Crippen LogP contribution >= 0.6 is 11.6 Å². The van der Waals surface area contributed by atoms with Gasteiger partial charge in [-0.1, -0.05) is 23.7 Å². The molecule has 0 radical (unpaired) electrons. The minimum Gasteiger partial charge on any atom is -0.494 e. The Labute approximate surface area is 136 Å². The lowest BCUT2D eigenvalue weighted by atomic mass is 10.2. The summed E-state index contributed by atoms with van der Waals surface area (Å²) in [7, 11) is 1.61. The number of methoxy groups -OCH3 is 1. The molecule has 23 heavy (non-hydrogen) atoms. The van der Waals surface area contributed by atoms with Crippen LogP contribution in [0.5, 0.6) is 5.75 Å². The molecule has 3 aromatic heterocycles. The molecule has 0 amide bonds. The molecule has 4 aromatic rings. The maximum Gasteiger partial charge on any atom is 0.184 e. The largest absolute Gasteiger partial charge is 0.494 e. The molecule has 0 aliphatic heterocycles. The minimum absolute atomic E-state index is 0.604. The molecular weight excluding hydrogens is 314 g/mol. The predicted molar refractivity (Wildman–Crippen MR) is 87.8 cm³/mol. The number of aromatic nitrogens is 5. The molecule has 0 spiro atoms. The van der Waals surface area contributed by atoms with E-state index in [4.69, 9.17) is 16.3 Å². The summed E-state index contributed by atoms with van der Waals surface area (Å²) in [4.78, 5) is 9.00. The van der Waals surface area contributed by atoms with Crippen molar-refractivity contribution in [1.29, 1.82) is 0 Å². The van der Waals surface area contributed by atoms with E-state index in [1.165, 1.54) is 0 Å². The Morgan fingerprint density at radius 3 is 2.70 bits per heavy atom. The van der Waals surface area contributed by atoms with Crippen molar-refractivity contribution in [2.75, 3.05) is 7.11 Å². The molecule has 7 heteroatoms. The highest BCUT2D eigenvalue weighted by Crippen LogP contribution is 2.30. The maximum atomic E-state index is 6.32. The van der Waals surface area contributed by atoms with Gasteiger partial charge < -0.3 is 4.74 Å².